The van der Waals surface area contributed by atoms with Gasteiger partial charge in [-0.3, -0.25) is 4.90 Å². The summed E-state index contributed by atoms with van der Waals surface area (Å²) in [7, 11) is 0. The first-order chi connectivity index (χ1) is 8.86. The number of aliphatic hydroxyl groups excluding tert-OH is 1. The minimum atomic E-state index is 0.229. The van der Waals surface area contributed by atoms with Crippen LogP contribution in [0.2, 0.25) is 0 Å². The Labute approximate surface area is 107 Å². The van der Waals surface area contributed by atoms with Crippen LogP contribution in [-0.4, -0.2) is 39.3 Å². The normalized spacial score (nSPS) is 26.2. The smallest absolute Gasteiger partial charge is 0.229 e. The number of nitrogens with zero attached hydrogens (tertiary/aromatic N) is 3. The fourth-order valence-electron chi connectivity index (χ4n) is 2.66. The number of hydrogen-bond donors (Lipinski definition) is 1. The zero-order chi connectivity index (χ0) is 12.4. The van der Waals surface area contributed by atoms with Crippen molar-refractivity contribution in [3.63, 3.8) is 0 Å². The van der Waals surface area contributed by atoms with Gasteiger partial charge in [0.15, 0.2) is 5.82 Å². The summed E-state index contributed by atoms with van der Waals surface area (Å²) in [6, 6.07) is 0.260. The monoisotopic (exact) mass is 251 g/mol. The molecule has 100 valence electrons. The molecule has 3 rings (SSSR count). The summed E-state index contributed by atoms with van der Waals surface area (Å²) >= 11 is 0. The fourth-order valence-corrected chi connectivity index (χ4v) is 2.66. The van der Waals surface area contributed by atoms with Gasteiger partial charge in [-0.15, -0.1) is 0 Å². The van der Waals surface area contributed by atoms with Crippen LogP contribution in [0.15, 0.2) is 4.52 Å². The molecule has 1 aliphatic heterocycles. The largest absolute Gasteiger partial charge is 0.395 e. The highest BCUT2D eigenvalue weighted by molar-refractivity contribution is 5.01. The molecule has 1 N–H and O–H groups in total. The first kappa shape index (κ1) is 12.1. The van der Waals surface area contributed by atoms with Crippen LogP contribution in [0.1, 0.15) is 56.2 Å². The molecule has 0 spiro atoms. The average molecular weight is 251 g/mol. The fraction of sp³-hybridized carbons (Fsp3) is 0.846. The lowest BCUT2D eigenvalue weighted by molar-refractivity contribution is 0.115. The lowest BCUT2D eigenvalue weighted by Gasteiger charge is -2.26. The molecule has 5 nitrogen and oxygen atoms in total. The topological polar surface area (TPSA) is 62.4 Å². The number of rotatable bonds is 4. The van der Waals surface area contributed by atoms with Crippen LogP contribution in [0, 0.1) is 0 Å². The zero-order valence-corrected chi connectivity index (χ0v) is 10.7. The van der Waals surface area contributed by atoms with Gasteiger partial charge in [0.2, 0.25) is 5.89 Å². The summed E-state index contributed by atoms with van der Waals surface area (Å²) in [4.78, 5) is 6.76. The minimum absolute atomic E-state index is 0.229. The molecule has 0 aromatic carbocycles. The molecule has 2 heterocycles. The second kappa shape index (κ2) is 5.36. The van der Waals surface area contributed by atoms with Gasteiger partial charge >= 0.3 is 0 Å². The van der Waals surface area contributed by atoms with Crippen LogP contribution < -0.4 is 0 Å². The molecule has 1 aromatic heterocycles. The van der Waals surface area contributed by atoms with Crippen molar-refractivity contribution in [2.75, 3.05) is 13.2 Å². The minimum Gasteiger partial charge on any atom is -0.395 e. The van der Waals surface area contributed by atoms with Gasteiger partial charge in [0, 0.05) is 12.0 Å². The predicted octanol–water partition coefficient (Wildman–Crippen LogP) is 1.68. The molecule has 2 fully saturated rings. The molecule has 2 aliphatic rings. The summed E-state index contributed by atoms with van der Waals surface area (Å²) in [6.45, 7) is 1.97. The van der Waals surface area contributed by atoms with Gasteiger partial charge < -0.3 is 9.63 Å². The Morgan fingerprint density at radius 1 is 1.22 bits per heavy atom. The maximum absolute atomic E-state index is 9.46. The van der Waals surface area contributed by atoms with E-state index in [0.29, 0.717) is 12.5 Å². The van der Waals surface area contributed by atoms with E-state index >= 15 is 0 Å². The lowest BCUT2D eigenvalue weighted by Crippen LogP contribution is -2.37. The molecule has 1 aliphatic carbocycles. The van der Waals surface area contributed by atoms with E-state index in [1.54, 1.807) is 0 Å². The third-order valence-corrected chi connectivity index (χ3v) is 3.96. The lowest BCUT2D eigenvalue weighted by atomic mass is 10.1. The van der Waals surface area contributed by atoms with Crippen molar-refractivity contribution in [1.29, 1.82) is 0 Å². The maximum Gasteiger partial charge on any atom is 0.229 e. The van der Waals surface area contributed by atoms with Gasteiger partial charge in [0.25, 0.3) is 0 Å². The van der Waals surface area contributed by atoms with Crippen molar-refractivity contribution in [1.82, 2.24) is 15.0 Å². The van der Waals surface area contributed by atoms with E-state index in [4.69, 9.17) is 4.52 Å². The van der Waals surface area contributed by atoms with Crippen LogP contribution in [0.5, 0.6) is 0 Å². The number of aromatic nitrogens is 2. The van der Waals surface area contributed by atoms with Crippen molar-refractivity contribution in [2.24, 2.45) is 0 Å². The highest BCUT2D eigenvalue weighted by Gasteiger charge is 2.30. The molecule has 0 radical (unpaired) electrons. The van der Waals surface area contributed by atoms with Crippen LogP contribution in [0.25, 0.3) is 0 Å². The van der Waals surface area contributed by atoms with E-state index in [9.17, 15) is 5.11 Å². The quantitative estimate of drug-likeness (QED) is 0.882. The van der Waals surface area contributed by atoms with Crippen molar-refractivity contribution in [3.05, 3.63) is 11.7 Å². The highest BCUT2D eigenvalue weighted by atomic mass is 16.5. The van der Waals surface area contributed by atoms with Gasteiger partial charge in [-0.2, -0.15) is 4.98 Å². The van der Waals surface area contributed by atoms with Crippen molar-refractivity contribution >= 4 is 0 Å². The van der Waals surface area contributed by atoms with Gasteiger partial charge in [0.05, 0.1) is 13.2 Å². The second-order valence-electron chi connectivity index (χ2n) is 5.48. The molecular weight excluding hydrogens is 230 g/mol. The standard InChI is InChI=1S/C13H21N3O2/c17-9-11-4-2-1-3-7-16(11)8-12-14-13(18-15-12)10-5-6-10/h10-11,17H,1-9H2. The molecule has 1 saturated carbocycles. The van der Waals surface area contributed by atoms with E-state index in [2.05, 4.69) is 15.0 Å². The van der Waals surface area contributed by atoms with Crippen LogP contribution in [0.3, 0.4) is 0 Å². The van der Waals surface area contributed by atoms with E-state index < -0.39 is 0 Å². The molecule has 18 heavy (non-hydrogen) atoms. The molecule has 0 bridgehead atoms. The van der Waals surface area contributed by atoms with Crippen LogP contribution in [-0.2, 0) is 6.54 Å². The molecule has 1 aromatic rings. The second-order valence-corrected chi connectivity index (χ2v) is 5.48. The maximum atomic E-state index is 9.46. The highest BCUT2D eigenvalue weighted by Crippen LogP contribution is 2.38. The number of likely N-dealkylation sites (tertiary alicyclic amines) is 1. The summed E-state index contributed by atoms with van der Waals surface area (Å²) in [5, 5.41) is 13.5. The average Bonchev–Trinajstić information content (AvgIpc) is 3.16. The van der Waals surface area contributed by atoms with E-state index in [-0.39, 0.29) is 12.6 Å². The van der Waals surface area contributed by atoms with Gasteiger partial charge in [-0.25, -0.2) is 0 Å². The third kappa shape index (κ3) is 2.72. The van der Waals surface area contributed by atoms with Gasteiger partial charge in [-0.05, 0) is 32.2 Å². The summed E-state index contributed by atoms with van der Waals surface area (Å²) in [5.41, 5.74) is 0. The van der Waals surface area contributed by atoms with Crippen LogP contribution >= 0.6 is 0 Å². The molecule has 1 atom stereocenters. The number of aliphatic hydroxyl groups is 1. The Kier molecular flexibility index (Phi) is 3.61. The molecular formula is C13H21N3O2. The van der Waals surface area contributed by atoms with Crippen molar-refractivity contribution in [2.45, 2.75) is 57.0 Å². The Morgan fingerprint density at radius 2 is 2.11 bits per heavy atom. The Balaban J connectivity index is 1.64. The van der Waals surface area contributed by atoms with Gasteiger partial charge in [-0.1, -0.05) is 18.0 Å². The third-order valence-electron chi connectivity index (χ3n) is 3.96. The van der Waals surface area contributed by atoms with Crippen molar-refractivity contribution < 1.29 is 9.63 Å². The van der Waals surface area contributed by atoms with E-state index in [1.807, 2.05) is 0 Å². The zero-order valence-electron chi connectivity index (χ0n) is 10.7. The first-order valence-electron chi connectivity index (χ1n) is 7.04. The molecule has 5 heteroatoms. The SMILES string of the molecule is OCC1CCCCCN1Cc1noc(C2CC2)n1. The van der Waals surface area contributed by atoms with Gasteiger partial charge in [0.1, 0.15) is 0 Å². The first-order valence-corrected chi connectivity index (χ1v) is 7.04. The number of hydrogen-bond acceptors (Lipinski definition) is 5. The summed E-state index contributed by atoms with van der Waals surface area (Å²) < 4.78 is 5.28. The van der Waals surface area contributed by atoms with Crippen molar-refractivity contribution in [3.8, 4) is 0 Å². The van der Waals surface area contributed by atoms with E-state index in [1.165, 1.54) is 32.1 Å². The summed E-state index contributed by atoms with van der Waals surface area (Å²) in [5.74, 6) is 2.10. The molecule has 1 unspecified atom stereocenters. The Bertz CT molecular complexity index is 389. The Hall–Kier alpha value is -0.940. The van der Waals surface area contributed by atoms with E-state index in [0.717, 1.165) is 24.7 Å². The Morgan fingerprint density at radius 3 is 2.89 bits per heavy atom. The predicted molar refractivity (Wildman–Crippen MR) is 66.0 cm³/mol. The summed E-state index contributed by atoms with van der Waals surface area (Å²) in [6.07, 6.45) is 7.11. The van der Waals surface area contributed by atoms with Crippen LogP contribution in [0.4, 0.5) is 0 Å². The molecule has 1 saturated heterocycles. The molecule has 0 amide bonds.